The number of amides is 1. The predicted molar refractivity (Wildman–Crippen MR) is 70.7 cm³/mol. The van der Waals surface area contributed by atoms with Crippen LogP contribution in [-0.2, 0) is 16.1 Å². The van der Waals surface area contributed by atoms with E-state index in [1.54, 1.807) is 4.68 Å². The molecule has 1 amide bonds. The molecule has 2 N–H and O–H groups in total. The summed E-state index contributed by atoms with van der Waals surface area (Å²) in [5, 5.41) is 15.7. The first-order valence-corrected chi connectivity index (χ1v) is 6.42. The highest BCUT2D eigenvalue weighted by atomic mass is 16.4. The topological polar surface area (TPSA) is 84.2 Å². The number of hydrogen-bond acceptors (Lipinski definition) is 3. The maximum absolute atomic E-state index is 11.8. The van der Waals surface area contributed by atoms with E-state index in [-0.39, 0.29) is 24.8 Å². The molecule has 1 rings (SSSR count). The van der Waals surface area contributed by atoms with Crippen LogP contribution in [0.25, 0.3) is 0 Å². The summed E-state index contributed by atoms with van der Waals surface area (Å²) in [6.07, 6.45) is 0.809. The average Bonchev–Trinajstić information content (AvgIpc) is 2.62. The monoisotopic (exact) mass is 267 g/mol. The van der Waals surface area contributed by atoms with E-state index in [9.17, 15) is 9.59 Å². The van der Waals surface area contributed by atoms with Crippen LogP contribution in [0.4, 0.5) is 0 Å². The fourth-order valence-electron chi connectivity index (χ4n) is 1.89. The smallest absolute Gasteiger partial charge is 0.303 e. The molecule has 0 spiro atoms. The third kappa shape index (κ3) is 5.11. The zero-order chi connectivity index (χ0) is 14.4. The van der Waals surface area contributed by atoms with Gasteiger partial charge in [0.1, 0.15) is 6.54 Å². The van der Waals surface area contributed by atoms with Gasteiger partial charge in [-0.1, -0.05) is 13.3 Å². The molecule has 6 nitrogen and oxygen atoms in total. The van der Waals surface area contributed by atoms with E-state index < -0.39 is 5.97 Å². The standard InChI is InChI=1S/C13H21N3O3/c1-4-11(6-13(18)19)7-14-12(17)8-16-10(3)5-9(2)15-16/h5,11H,4,6-8H2,1-3H3,(H,14,17)(H,18,19). The maximum Gasteiger partial charge on any atom is 0.303 e. The summed E-state index contributed by atoms with van der Waals surface area (Å²) < 4.78 is 1.64. The average molecular weight is 267 g/mol. The number of carboxylic acids is 1. The van der Waals surface area contributed by atoms with Crippen molar-refractivity contribution in [1.82, 2.24) is 15.1 Å². The first kappa shape index (κ1) is 15.2. The van der Waals surface area contributed by atoms with Gasteiger partial charge < -0.3 is 10.4 Å². The fraction of sp³-hybridized carbons (Fsp3) is 0.615. The van der Waals surface area contributed by atoms with E-state index in [1.807, 2.05) is 26.8 Å². The summed E-state index contributed by atoms with van der Waals surface area (Å²) in [4.78, 5) is 22.4. The fourth-order valence-corrected chi connectivity index (χ4v) is 1.89. The minimum atomic E-state index is -0.834. The van der Waals surface area contributed by atoms with Gasteiger partial charge in [-0.2, -0.15) is 5.10 Å². The Labute approximate surface area is 112 Å². The van der Waals surface area contributed by atoms with Gasteiger partial charge in [-0.05, 0) is 25.8 Å². The summed E-state index contributed by atoms with van der Waals surface area (Å²) in [6, 6.07) is 1.91. The number of aliphatic carboxylic acids is 1. The summed E-state index contributed by atoms with van der Waals surface area (Å²) >= 11 is 0. The summed E-state index contributed by atoms with van der Waals surface area (Å²) in [5.41, 5.74) is 1.81. The lowest BCUT2D eigenvalue weighted by atomic mass is 10.0. The Hall–Kier alpha value is -1.85. The van der Waals surface area contributed by atoms with Crippen molar-refractivity contribution in [1.29, 1.82) is 0 Å². The van der Waals surface area contributed by atoms with E-state index >= 15 is 0 Å². The lowest BCUT2D eigenvalue weighted by Gasteiger charge is -2.13. The highest BCUT2D eigenvalue weighted by Crippen LogP contribution is 2.06. The minimum Gasteiger partial charge on any atom is -0.481 e. The molecule has 0 saturated carbocycles. The second-order valence-corrected chi connectivity index (χ2v) is 4.76. The van der Waals surface area contributed by atoms with E-state index in [4.69, 9.17) is 5.11 Å². The van der Waals surface area contributed by atoms with Gasteiger partial charge in [-0.15, -0.1) is 0 Å². The van der Waals surface area contributed by atoms with Gasteiger partial charge in [-0.25, -0.2) is 0 Å². The van der Waals surface area contributed by atoms with Crippen molar-refractivity contribution in [2.45, 2.75) is 40.2 Å². The highest BCUT2D eigenvalue weighted by molar-refractivity contribution is 5.75. The first-order valence-electron chi connectivity index (χ1n) is 6.42. The molecule has 0 saturated heterocycles. The molecule has 0 fully saturated rings. The molecule has 6 heteroatoms. The van der Waals surface area contributed by atoms with E-state index in [0.717, 1.165) is 17.8 Å². The SMILES string of the molecule is CCC(CNC(=O)Cn1nc(C)cc1C)CC(=O)O. The van der Waals surface area contributed by atoms with Gasteiger partial charge in [0.05, 0.1) is 5.69 Å². The van der Waals surface area contributed by atoms with Gasteiger partial charge in [0, 0.05) is 18.7 Å². The second kappa shape index (κ2) is 6.92. The zero-order valence-corrected chi connectivity index (χ0v) is 11.6. The van der Waals surface area contributed by atoms with Crippen LogP contribution < -0.4 is 5.32 Å². The molecule has 1 unspecified atom stereocenters. The van der Waals surface area contributed by atoms with Crippen molar-refractivity contribution >= 4 is 11.9 Å². The third-order valence-corrected chi connectivity index (χ3v) is 3.03. The molecule has 0 aromatic carbocycles. The Morgan fingerprint density at radius 2 is 2.16 bits per heavy atom. The molecule has 0 aliphatic heterocycles. The largest absolute Gasteiger partial charge is 0.481 e. The zero-order valence-electron chi connectivity index (χ0n) is 11.6. The van der Waals surface area contributed by atoms with Crippen molar-refractivity contribution in [3.05, 3.63) is 17.5 Å². The van der Waals surface area contributed by atoms with E-state index in [1.165, 1.54) is 0 Å². The van der Waals surface area contributed by atoms with Gasteiger partial charge in [0.15, 0.2) is 0 Å². The number of aryl methyl sites for hydroxylation is 2. The van der Waals surface area contributed by atoms with Gasteiger partial charge in [-0.3, -0.25) is 14.3 Å². The quantitative estimate of drug-likeness (QED) is 0.775. The molecule has 1 aromatic heterocycles. The Morgan fingerprint density at radius 3 is 2.63 bits per heavy atom. The summed E-state index contributed by atoms with van der Waals surface area (Å²) in [6.45, 7) is 6.25. The summed E-state index contributed by atoms with van der Waals surface area (Å²) in [5.74, 6) is -1.00. The molecule has 0 radical (unpaired) electrons. The van der Waals surface area contributed by atoms with Crippen LogP contribution in [0.5, 0.6) is 0 Å². The van der Waals surface area contributed by atoms with Crippen LogP contribution in [0.1, 0.15) is 31.2 Å². The van der Waals surface area contributed by atoms with Crippen molar-refractivity contribution < 1.29 is 14.7 Å². The summed E-state index contributed by atoms with van der Waals surface area (Å²) in [7, 11) is 0. The number of nitrogens with one attached hydrogen (secondary N) is 1. The molecular weight excluding hydrogens is 246 g/mol. The second-order valence-electron chi connectivity index (χ2n) is 4.76. The molecule has 0 aliphatic carbocycles. The lowest BCUT2D eigenvalue weighted by Crippen LogP contribution is -2.33. The van der Waals surface area contributed by atoms with E-state index in [0.29, 0.717) is 6.54 Å². The number of carbonyl (C=O) groups excluding carboxylic acids is 1. The highest BCUT2D eigenvalue weighted by Gasteiger charge is 2.13. The Morgan fingerprint density at radius 1 is 1.47 bits per heavy atom. The lowest BCUT2D eigenvalue weighted by molar-refractivity contribution is -0.138. The Kier molecular flexibility index (Phi) is 5.54. The number of aromatic nitrogens is 2. The van der Waals surface area contributed by atoms with E-state index in [2.05, 4.69) is 10.4 Å². The number of carbonyl (C=O) groups is 2. The molecule has 106 valence electrons. The number of hydrogen-bond donors (Lipinski definition) is 2. The molecule has 0 bridgehead atoms. The molecular formula is C13H21N3O3. The number of nitrogens with zero attached hydrogens (tertiary/aromatic N) is 2. The Bertz CT molecular complexity index is 454. The Balaban J connectivity index is 2.43. The van der Waals surface area contributed by atoms with Gasteiger partial charge in [0.2, 0.25) is 5.91 Å². The molecule has 1 aromatic rings. The molecule has 1 heterocycles. The van der Waals surface area contributed by atoms with Crippen LogP contribution in [0, 0.1) is 19.8 Å². The van der Waals surface area contributed by atoms with Crippen LogP contribution in [0.15, 0.2) is 6.07 Å². The number of carboxylic acid groups (broad SMARTS) is 1. The van der Waals surface area contributed by atoms with Crippen LogP contribution in [0.3, 0.4) is 0 Å². The third-order valence-electron chi connectivity index (χ3n) is 3.03. The van der Waals surface area contributed by atoms with Gasteiger partial charge >= 0.3 is 5.97 Å². The van der Waals surface area contributed by atoms with Crippen molar-refractivity contribution in [3.8, 4) is 0 Å². The minimum absolute atomic E-state index is 0.0260. The first-order chi connectivity index (χ1) is 8.92. The maximum atomic E-state index is 11.8. The molecule has 19 heavy (non-hydrogen) atoms. The van der Waals surface area contributed by atoms with Gasteiger partial charge in [0.25, 0.3) is 0 Å². The van der Waals surface area contributed by atoms with Crippen molar-refractivity contribution in [2.75, 3.05) is 6.54 Å². The van der Waals surface area contributed by atoms with Crippen molar-refractivity contribution in [2.24, 2.45) is 5.92 Å². The van der Waals surface area contributed by atoms with Crippen LogP contribution in [0.2, 0.25) is 0 Å². The molecule has 0 aliphatic rings. The predicted octanol–water partition coefficient (Wildman–Crippen LogP) is 1.12. The van der Waals surface area contributed by atoms with Crippen LogP contribution >= 0.6 is 0 Å². The molecule has 1 atom stereocenters. The normalized spacial score (nSPS) is 12.2. The van der Waals surface area contributed by atoms with Crippen molar-refractivity contribution in [3.63, 3.8) is 0 Å². The van der Waals surface area contributed by atoms with Crippen LogP contribution in [-0.4, -0.2) is 33.3 Å². The number of rotatable bonds is 7.